The lowest BCUT2D eigenvalue weighted by molar-refractivity contribution is -0.139. The number of hydrogen-bond acceptors (Lipinski definition) is 3. The first kappa shape index (κ1) is 16.5. The summed E-state index contributed by atoms with van der Waals surface area (Å²) in [6, 6.07) is 12.6. The Kier molecular flexibility index (Phi) is 4.58. The number of carbonyl (C=O) groups is 2. The van der Waals surface area contributed by atoms with Gasteiger partial charge in [-0.15, -0.1) is 0 Å². The third-order valence-corrected chi connectivity index (χ3v) is 4.51. The summed E-state index contributed by atoms with van der Waals surface area (Å²) in [5, 5.41) is 0.557. The van der Waals surface area contributed by atoms with Gasteiger partial charge in [-0.25, -0.2) is 0 Å². The number of halogens is 1. The largest absolute Gasteiger partial charge is 0.426 e. The van der Waals surface area contributed by atoms with Gasteiger partial charge in [0.1, 0.15) is 5.75 Å². The molecule has 4 nitrogen and oxygen atoms in total. The number of carbonyl (C=O) groups excluding carboxylic acids is 2. The molecule has 1 atom stereocenters. The quantitative estimate of drug-likeness (QED) is 0.627. The molecule has 0 saturated carbocycles. The molecule has 3 rings (SSSR count). The molecule has 0 unspecified atom stereocenters. The van der Waals surface area contributed by atoms with Gasteiger partial charge in [-0.05, 0) is 55.3 Å². The molecular formula is C19H18ClNO3. The number of amides is 1. The predicted octanol–water partition coefficient (Wildman–Crippen LogP) is 3.92. The third kappa shape index (κ3) is 3.44. The van der Waals surface area contributed by atoms with Crippen molar-refractivity contribution in [1.29, 1.82) is 0 Å². The fraction of sp³-hybridized carbons (Fsp3) is 0.263. The van der Waals surface area contributed by atoms with Crippen LogP contribution in [0.15, 0.2) is 42.5 Å². The molecule has 5 heteroatoms. The van der Waals surface area contributed by atoms with E-state index in [4.69, 9.17) is 16.3 Å². The minimum atomic E-state index is -0.474. The molecule has 124 valence electrons. The molecule has 0 bridgehead atoms. The second kappa shape index (κ2) is 6.65. The van der Waals surface area contributed by atoms with Crippen LogP contribution < -0.4 is 9.64 Å². The predicted molar refractivity (Wildman–Crippen MR) is 93.5 cm³/mol. The van der Waals surface area contributed by atoms with Crippen molar-refractivity contribution in [1.82, 2.24) is 0 Å². The van der Waals surface area contributed by atoms with E-state index in [-0.39, 0.29) is 18.3 Å². The average molecular weight is 344 g/mol. The van der Waals surface area contributed by atoms with Crippen molar-refractivity contribution in [2.45, 2.75) is 20.3 Å². The van der Waals surface area contributed by atoms with E-state index in [0.29, 0.717) is 23.0 Å². The Morgan fingerprint density at radius 3 is 2.67 bits per heavy atom. The molecule has 2 aromatic rings. The number of rotatable bonds is 3. The maximum Gasteiger partial charge on any atom is 0.316 e. The molecule has 1 aliphatic heterocycles. The first-order valence-electron chi connectivity index (χ1n) is 7.79. The van der Waals surface area contributed by atoms with Crippen molar-refractivity contribution in [3.8, 4) is 5.75 Å². The van der Waals surface area contributed by atoms with Gasteiger partial charge in [0.15, 0.2) is 0 Å². The van der Waals surface area contributed by atoms with Crippen molar-refractivity contribution in [2.75, 3.05) is 11.4 Å². The Morgan fingerprint density at radius 2 is 1.96 bits per heavy atom. The van der Waals surface area contributed by atoms with Crippen LogP contribution in [0.25, 0.3) is 0 Å². The zero-order valence-corrected chi connectivity index (χ0v) is 14.3. The highest BCUT2D eigenvalue weighted by atomic mass is 35.5. The van der Waals surface area contributed by atoms with E-state index in [0.717, 1.165) is 11.1 Å². The van der Waals surface area contributed by atoms with E-state index < -0.39 is 5.92 Å². The SMILES string of the molecule is Cc1ccc(OC(=O)[C@@H]2CC(=O)N(c3cccc(Cl)c3)C2)cc1C. The van der Waals surface area contributed by atoms with Crippen molar-refractivity contribution < 1.29 is 14.3 Å². The van der Waals surface area contributed by atoms with Crippen molar-refractivity contribution in [3.63, 3.8) is 0 Å². The fourth-order valence-corrected chi connectivity index (χ4v) is 2.92. The molecule has 2 aromatic carbocycles. The summed E-state index contributed by atoms with van der Waals surface area (Å²) in [5.74, 6) is -0.440. The van der Waals surface area contributed by atoms with E-state index >= 15 is 0 Å². The van der Waals surface area contributed by atoms with Crippen molar-refractivity contribution >= 4 is 29.2 Å². The number of aryl methyl sites for hydroxylation is 2. The normalized spacial score (nSPS) is 17.2. The second-order valence-electron chi connectivity index (χ2n) is 6.05. The van der Waals surface area contributed by atoms with Crippen LogP contribution in [0.1, 0.15) is 17.5 Å². The second-order valence-corrected chi connectivity index (χ2v) is 6.49. The third-order valence-electron chi connectivity index (χ3n) is 4.28. The van der Waals surface area contributed by atoms with E-state index in [1.54, 1.807) is 35.2 Å². The van der Waals surface area contributed by atoms with E-state index in [1.165, 1.54) is 0 Å². The Balaban J connectivity index is 1.70. The Bertz CT molecular complexity index is 803. The fourth-order valence-electron chi connectivity index (χ4n) is 2.74. The average Bonchev–Trinajstić information content (AvgIpc) is 2.93. The van der Waals surface area contributed by atoms with Crippen molar-refractivity contribution in [2.24, 2.45) is 5.92 Å². The Hall–Kier alpha value is -2.33. The van der Waals surface area contributed by atoms with Crippen molar-refractivity contribution in [3.05, 3.63) is 58.6 Å². The van der Waals surface area contributed by atoms with Gasteiger partial charge in [0.05, 0.1) is 5.92 Å². The summed E-state index contributed by atoms with van der Waals surface area (Å²) in [5.41, 5.74) is 2.90. The lowest BCUT2D eigenvalue weighted by atomic mass is 10.1. The maximum absolute atomic E-state index is 12.4. The summed E-state index contributed by atoms with van der Waals surface area (Å²) in [7, 11) is 0. The first-order chi connectivity index (χ1) is 11.4. The monoisotopic (exact) mass is 343 g/mol. The summed E-state index contributed by atoms with van der Waals surface area (Å²) < 4.78 is 5.45. The van der Waals surface area contributed by atoms with Crippen LogP contribution in [0.3, 0.4) is 0 Å². The number of benzene rings is 2. The molecule has 1 saturated heterocycles. The van der Waals surface area contributed by atoms with E-state index in [2.05, 4.69) is 0 Å². The number of nitrogens with zero attached hydrogens (tertiary/aromatic N) is 1. The van der Waals surface area contributed by atoms with Gasteiger partial charge in [0.25, 0.3) is 0 Å². The summed E-state index contributed by atoms with van der Waals surface area (Å²) in [6.07, 6.45) is 0.149. The van der Waals surface area contributed by atoms with Crippen LogP contribution in [0.2, 0.25) is 5.02 Å². The smallest absolute Gasteiger partial charge is 0.316 e. The van der Waals surface area contributed by atoms with E-state index in [9.17, 15) is 9.59 Å². The van der Waals surface area contributed by atoms with Gasteiger partial charge in [0, 0.05) is 23.7 Å². The topological polar surface area (TPSA) is 46.6 Å². The molecule has 1 fully saturated rings. The molecular weight excluding hydrogens is 326 g/mol. The minimum absolute atomic E-state index is 0.0979. The Morgan fingerprint density at radius 1 is 1.17 bits per heavy atom. The highest BCUT2D eigenvalue weighted by Gasteiger charge is 2.36. The summed E-state index contributed by atoms with van der Waals surface area (Å²) >= 11 is 5.98. The molecule has 0 aliphatic carbocycles. The van der Waals surface area contributed by atoms with Crippen LogP contribution in [-0.2, 0) is 9.59 Å². The molecule has 0 spiro atoms. The van der Waals surface area contributed by atoms with Crippen LogP contribution in [0.4, 0.5) is 5.69 Å². The van der Waals surface area contributed by atoms with Gasteiger partial charge in [-0.2, -0.15) is 0 Å². The van der Waals surface area contributed by atoms with Crippen LogP contribution in [0, 0.1) is 19.8 Å². The van der Waals surface area contributed by atoms with Gasteiger partial charge in [-0.3, -0.25) is 9.59 Å². The highest BCUT2D eigenvalue weighted by Crippen LogP contribution is 2.28. The van der Waals surface area contributed by atoms with Crippen LogP contribution >= 0.6 is 11.6 Å². The van der Waals surface area contributed by atoms with Gasteiger partial charge >= 0.3 is 5.97 Å². The first-order valence-corrected chi connectivity index (χ1v) is 8.17. The molecule has 24 heavy (non-hydrogen) atoms. The van der Waals surface area contributed by atoms with E-state index in [1.807, 2.05) is 26.0 Å². The van der Waals surface area contributed by atoms with Crippen LogP contribution in [0.5, 0.6) is 5.75 Å². The van der Waals surface area contributed by atoms with Crippen LogP contribution in [-0.4, -0.2) is 18.4 Å². The standard InChI is InChI=1S/C19H18ClNO3/c1-12-6-7-17(8-13(12)2)24-19(23)14-9-18(22)21(11-14)16-5-3-4-15(20)10-16/h3-8,10,14H,9,11H2,1-2H3/t14-/m1/s1. The van der Waals surface area contributed by atoms with Gasteiger partial charge < -0.3 is 9.64 Å². The van der Waals surface area contributed by atoms with Gasteiger partial charge in [0.2, 0.25) is 5.91 Å². The summed E-state index contributed by atoms with van der Waals surface area (Å²) in [4.78, 5) is 26.2. The number of ether oxygens (including phenoxy) is 1. The summed E-state index contributed by atoms with van der Waals surface area (Å²) in [6.45, 7) is 4.27. The lowest BCUT2D eigenvalue weighted by Crippen LogP contribution is -2.27. The molecule has 1 heterocycles. The highest BCUT2D eigenvalue weighted by molar-refractivity contribution is 6.30. The molecule has 0 radical (unpaired) electrons. The zero-order valence-electron chi connectivity index (χ0n) is 13.6. The minimum Gasteiger partial charge on any atom is -0.426 e. The van der Waals surface area contributed by atoms with Gasteiger partial charge in [-0.1, -0.05) is 23.7 Å². The Labute approximate surface area is 146 Å². The lowest BCUT2D eigenvalue weighted by Gasteiger charge is -2.16. The molecule has 1 aliphatic rings. The number of hydrogen-bond donors (Lipinski definition) is 0. The molecule has 0 N–H and O–H groups in total. The zero-order chi connectivity index (χ0) is 17.3. The number of esters is 1. The number of anilines is 1. The maximum atomic E-state index is 12.4. The molecule has 0 aromatic heterocycles. The molecule has 1 amide bonds.